The van der Waals surface area contributed by atoms with E-state index in [0.29, 0.717) is 6.10 Å². The van der Waals surface area contributed by atoms with Crippen LogP contribution in [0, 0.1) is 5.92 Å². The van der Waals surface area contributed by atoms with Gasteiger partial charge >= 0.3 is 5.97 Å². The summed E-state index contributed by atoms with van der Waals surface area (Å²) in [6.07, 6.45) is 7.50. The lowest BCUT2D eigenvalue weighted by Crippen LogP contribution is -2.33. The van der Waals surface area contributed by atoms with Gasteiger partial charge in [0, 0.05) is 13.2 Å². The van der Waals surface area contributed by atoms with Gasteiger partial charge in [-0.15, -0.1) is 0 Å². The zero-order valence-electron chi connectivity index (χ0n) is 10.4. The normalized spacial score (nSPS) is 24.4. The third-order valence-corrected chi connectivity index (χ3v) is 3.60. The van der Waals surface area contributed by atoms with Gasteiger partial charge in [-0.1, -0.05) is 0 Å². The van der Waals surface area contributed by atoms with Crippen molar-refractivity contribution >= 4 is 5.97 Å². The van der Waals surface area contributed by atoms with Gasteiger partial charge in [-0.3, -0.25) is 9.69 Å². The molecule has 1 N–H and O–H groups in total. The Labute approximate surface area is 103 Å². The van der Waals surface area contributed by atoms with E-state index in [1.807, 2.05) is 0 Å². The molecule has 4 heteroatoms. The second-order valence-corrected chi connectivity index (χ2v) is 5.35. The standard InChI is InChI=1S/C13H23NO3/c15-13(16)10-14(9-11-5-6-11)7-1-3-12-4-2-8-17-12/h11-12H,1-10H2,(H,15,16). The van der Waals surface area contributed by atoms with Gasteiger partial charge < -0.3 is 9.84 Å². The lowest BCUT2D eigenvalue weighted by Gasteiger charge is -2.20. The molecule has 17 heavy (non-hydrogen) atoms. The molecule has 0 spiro atoms. The molecule has 2 fully saturated rings. The quantitative estimate of drug-likeness (QED) is 0.703. The van der Waals surface area contributed by atoms with E-state index in [1.54, 1.807) is 0 Å². The summed E-state index contributed by atoms with van der Waals surface area (Å²) in [6, 6.07) is 0. The Balaban J connectivity index is 1.62. The highest BCUT2D eigenvalue weighted by Gasteiger charge is 2.25. The summed E-state index contributed by atoms with van der Waals surface area (Å²) >= 11 is 0. The van der Waals surface area contributed by atoms with E-state index in [0.717, 1.165) is 38.5 Å². The van der Waals surface area contributed by atoms with E-state index in [9.17, 15) is 4.79 Å². The molecule has 2 aliphatic rings. The number of ether oxygens (including phenoxy) is 1. The maximum absolute atomic E-state index is 10.8. The van der Waals surface area contributed by atoms with Gasteiger partial charge in [-0.2, -0.15) is 0 Å². The molecule has 1 saturated heterocycles. The smallest absolute Gasteiger partial charge is 0.317 e. The molecule has 1 atom stereocenters. The summed E-state index contributed by atoms with van der Waals surface area (Å²) in [5.41, 5.74) is 0. The van der Waals surface area contributed by atoms with Gasteiger partial charge in [0.15, 0.2) is 0 Å². The fraction of sp³-hybridized carbons (Fsp3) is 0.923. The average Bonchev–Trinajstić information content (AvgIpc) is 2.92. The first kappa shape index (κ1) is 12.8. The highest BCUT2D eigenvalue weighted by atomic mass is 16.5. The summed E-state index contributed by atoms with van der Waals surface area (Å²) in [4.78, 5) is 12.9. The predicted octanol–water partition coefficient (Wildman–Crippen LogP) is 1.74. The first-order chi connectivity index (χ1) is 8.24. The van der Waals surface area contributed by atoms with Crippen molar-refractivity contribution in [3.05, 3.63) is 0 Å². The summed E-state index contributed by atoms with van der Waals surface area (Å²) in [7, 11) is 0. The van der Waals surface area contributed by atoms with Crippen LogP contribution in [0.25, 0.3) is 0 Å². The zero-order chi connectivity index (χ0) is 12.1. The molecule has 2 rings (SSSR count). The van der Waals surface area contributed by atoms with Crippen LogP contribution in [0.4, 0.5) is 0 Å². The first-order valence-electron chi connectivity index (χ1n) is 6.80. The second kappa shape index (κ2) is 6.36. The Hall–Kier alpha value is -0.610. The van der Waals surface area contributed by atoms with Gasteiger partial charge in [-0.25, -0.2) is 0 Å². The zero-order valence-corrected chi connectivity index (χ0v) is 10.4. The van der Waals surface area contributed by atoms with Crippen LogP contribution in [0.3, 0.4) is 0 Å². The third kappa shape index (κ3) is 5.04. The first-order valence-corrected chi connectivity index (χ1v) is 6.80. The molecule has 98 valence electrons. The van der Waals surface area contributed by atoms with Crippen molar-refractivity contribution in [2.24, 2.45) is 5.92 Å². The van der Waals surface area contributed by atoms with Crippen molar-refractivity contribution < 1.29 is 14.6 Å². The van der Waals surface area contributed by atoms with Gasteiger partial charge in [0.2, 0.25) is 0 Å². The van der Waals surface area contributed by atoms with Crippen LogP contribution < -0.4 is 0 Å². The van der Waals surface area contributed by atoms with Gasteiger partial charge in [0.25, 0.3) is 0 Å². The molecule has 1 heterocycles. The van der Waals surface area contributed by atoms with Gasteiger partial charge in [0.1, 0.15) is 0 Å². The van der Waals surface area contributed by atoms with E-state index < -0.39 is 5.97 Å². The molecule has 0 radical (unpaired) electrons. The van der Waals surface area contributed by atoms with Crippen molar-refractivity contribution in [1.82, 2.24) is 4.90 Å². The van der Waals surface area contributed by atoms with Crippen LogP contribution in [-0.2, 0) is 9.53 Å². The van der Waals surface area contributed by atoms with Crippen molar-refractivity contribution in [3.63, 3.8) is 0 Å². The van der Waals surface area contributed by atoms with Crippen molar-refractivity contribution in [3.8, 4) is 0 Å². The number of hydrogen-bond acceptors (Lipinski definition) is 3. The number of hydrogen-bond donors (Lipinski definition) is 1. The molecule has 1 saturated carbocycles. The van der Waals surface area contributed by atoms with E-state index in [2.05, 4.69) is 4.90 Å². The summed E-state index contributed by atoms with van der Waals surface area (Å²) in [5.74, 6) is 0.0554. The Morgan fingerprint density at radius 2 is 2.18 bits per heavy atom. The highest BCUT2D eigenvalue weighted by molar-refractivity contribution is 5.69. The van der Waals surface area contributed by atoms with Crippen molar-refractivity contribution in [2.45, 2.75) is 44.6 Å². The molecule has 0 bridgehead atoms. The molecular formula is C13H23NO3. The topological polar surface area (TPSA) is 49.8 Å². The summed E-state index contributed by atoms with van der Waals surface area (Å²) in [5, 5.41) is 8.86. The molecule has 1 aliphatic carbocycles. The fourth-order valence-electron chi connectivity index (χ4n) is 2.51. The highest BCUT2D eigenvalue weighted by Crippen LogP contribution is 2.29. The lowest BCUT2D eigenvalue weighted by atomic mass is 10.1. The van der Waals surface area contributed by atoms with E-state index >= 15 is 0 Å². The fourth-order valence-corrected chi connectivity index (χ4v) is 2.51. The van der Waals surface area contributed by atoms with Crippen LogP contribution in [0.1, 0.15) is 38.5 Å². The maximum Gasteiger partial charge on any atom is 0.317 e. The Morgan fingerprint density at radius 1 is 1.35 bits per heavy atom. The SMILES string of the molecule is O=C(O)CN(CCCC1CCCO1)CC1CC1. The summed E-state index contributed by atoms with van der Waals surface area (Å²) in [6.45, 7) is 2.98. The van der Waals surface area contributed by atoms with E-state index in [-0.39, 0.29) is 6.54 Å². The largest absolute Gasteiger partial charge is 0.480 e. The predicted molar refractivity (Wildman–Crippen MR) is 65.0 cm³/mol. The minimum Gasteiger partial charge on any atom is -0.480 e. The Bertz CT molecular complexity index is 247. The van der Waals surface area contributed by atoms with Crippen molar-refractivity contribution in [1.29, 1.82) is 0 Å². The Morgan fingerprint density at radius 3 is 2.76 bits per heavy atom. The van der Waals surface area contributed by atoms with Crippen LogP contribution in [0.5, 0.6) is 0 Å². The molecule has 0 aromatic carbocycles. The minimum atomic E-state index is -0.706. The number of nitrogens with zero attached hydrogens (tertiary/aromatic N) is 1. The van der Waals surface area contributed by atoms with E-state index in [1.165, 1.54) is 25.7 Å². The van der Waals surface area contributed by atoms with Crippen LogP contribution in [0.2, 0.25) is 0 Å². The second-order valence-electron chi connectivity index (χ2n) is 5.35. The molecule has 1 unspecified atom stereocenters. The number of aliphatic carboxylic acids is 1. The molecule has 0 aromatic rings. The third-order valence-electron chi connectivity index (χ3n) is 3.60. The molecular weight excluding hydrogens is 218 g/mol. The molecule has 0 aromatic heterocycles. The lowest BCUT2D eigenvalue weighted by molar-refractivity contribution is -0.138. The molecule has 0 amide bonds. The van der Waals surface area contributed by atoms with Gasteiger partial charge in [-0.05, 0) is 51.0 Å². The Kier molecular flexibility index (Phi) is 4.80. The maximum atomic E-state index is 10.8. The molecule has 1 aliphatic heterocycles. The number of rotatable bonds is 8. The molecule has 4 nitrogen and oxygen atoms in total. The van der Waals surface area contributed by atoms with E-state index in [4.69, 9.17) is 9.84 Å². The minimum absolute atomic E-state index is 0.196. The van der Waals surface area contributed by atoms with Crippen LogP contribution in [-0.4, -0.2) is 48.3 Å². The summed E-state index contributed by atoms with van der Waals surface area (Å²) < 4.78 is 5.57. The average molecular weight is 241 g/mol. The van der Waals surface area contributed by atoms with Crippen LogP contribution in [0.15, 0.2) is 0 Å². The number of carbonyl (C=O) groups is 1. The monoisotopic (exact) mass is 241 g/mol. The number of carboxylic acid groups (broad SMARTS) is 1. The number of carboxylic acids is 1. The van der Waals surface area contributed by atoms with Crippen molar-refractivity contribution in [2.75, 3.05) is 26.2 Å². The van der Waals surface area contributed by atoms with Crippen LogP contribution >= 0.6 is 0 Å². The van der Waals surface area contributed by atoms with Gasteiger partial charge in [0.05, 0.1) is 12.6 Å².